The molecule has 0 atom stereocenters. The number of rotatable bonds is 7. The monoisotopic (exact) mass is 302 g/mol. The van der Waals surface area contributed by atoms with Gasteiger partial charge in [-0.1, -0.05) is 0 Å². The van der Waals surface area contributed by atoms with Gasteiger partial charge in [-0.2, -0.15) is 0 Å². The van der Waals surface area contributed by atoms with Gasteiger partial charge in [0.2, 0.25) is 0 Å². The Hall–Kier alpha value is -2.22. The van der Waals surface area contributed by atoms with Crippen LogP contribution in [0.2, 0.25) is 0 Å². The van der Waals surface area contributed by atoms with E-state index in [1.54, 1.807) is 0 Å². The second-order valence-corrected chi connectivity index (χ2v) is 4.05. The summed E-state index contributed by atoms with van der Waals surface area (Å²) in [6.45, 7) is 3.19. The van der Waals surface area contributed by atoms with Crippen LogP contribution in [-0.4, -0.2) is 36.9 Å². The first-order valence-corrected chi connectivity index (χ1v) is 6.30. The molecule has 0 heterocycles. The van der Waals surface area contributed by atoms with Crippen LogP contribution in [-0.2, 0) is 4.74 Å². The van der Waals surface area contributed by atoms with Gasteiger partial charge < -0.3 is 20.5 Å². The van der Waals surface area contributed by atoms with Gasteiger partial charge in [0.1, 0.15) is 0 Å². The SMILES string of the molecule is CCOCCCNC(=O)Nc1cc(F)c(F)cc1C(=O)O. The van der Waals surface area contributed by atoms with E-state index in [2.05, 4.69) is 10.6 Å². The van der Waals surface area contributed by atoms with E-state index in [4.69, 9.17) is 9.84 Å². The number of urea groups is 1. The molecule has 0 spiro atoms. The maximum Gasteiger partial charge on any atom is 0.337 e. The van der Waals surface area contributed by atoms with E-state index in [-0.39, 0.29) is 5.69 Å². The fraction of sp³-hybridized carbons (Fsp3) is 0.385. The van der Waals surface area contributed by atoms with Crippen LogP contribution in [0.25, 0.3) is 0 Å². The van der Waals surface area contributed by atoms with E-state index in [0.29, 0.717) is 38.3 Å². The van der Waals surface area contributed by atoms with Crippen molar-refractivity contribution >= 4 is 17.7 Å². The lowest BCUT2D eigenvalue weighted by Crippen LogP contribution is -2.30. The van der Waals surface area contributed by atoms with Crippen molar-refractivity contribution in [3.8, 4) is 0 Å². The zero-order valence-electron chi connectivity index (χ0n) is 11.4. The average molecular weight is 302 g/mol. The molecule has 21 heavy (non-hydrogen) atoms. The van der Waals surface area contributed by atoms with Gasteiger partial charge in [-0.25, -0.2) is 18.4 Å². The van der Waals surface area contributed by atoms with E-state index in [1.807, 2.05) is 6.92 Å². The van der Waals surface area contributed by atoms with E-state index in [1.165, 1.54) is 0 Å². The van der Waals surface area contributed by atoms with Crippen molar-refractivity contribution in [2.75, 3.05) is 25.1 Å². The number of halogens is 2. The Morgan fingerprint density at radius 2 is 1.95 bits per heavy atom. The number of amides is 2. The standard InChI is InChI=1S/C13H16F2N2O4/c1-2-21-5-3-4-16-13(20)17-11-7-10(15)9(14)6-8(11)12(18)19/h6-7H,2-5H2,1H3,(H,18,19)(H2,16,17,20). The zero-order chi connectivity index (χ0) is 15.8. The molecule has 3 N–H and O–H groups in total. The first-order valence-electron chi connectivity index (χ1n) is 6.30. The summed E-state index contributed by atoms with van der Waals surface area (Å²) in [5.41, 5.74) is -0.845. The minimum absolute atomic E-state index is 0.303. The molecule has 6 nitrogen and oxygen atoms in total. The molecule has 1 aromatic rings. The van der Waals surface area contributed by atoms with Gasteiger partial charge in [-0.3, -0.25) is 0 Å². The number of carbonyl (C=O) groups excluding carboxylic acids is 1. The molecule has 8 heteroatoms. The van der Waals surface area contributed by atoms with Gasteiger partial charge in [0.15, 0.2) is 11.6 Å². The van der Waals surface area contributed by atoms with Crippen LogP contribution < -0.4 is 10.6 Å². The largest absolute Gasteiger partial charge is 0.478 e. The molecule has 0 unspecified atom stereocenters. The van der Waals surface area contributed by atoms with E-state index < -0.39 is 29.2 Å². The molecule has 0 saturated heterocycles. The van der Waals surface area contributed by atoms with Gasteiger partial charge >= 0.3 is 12.0 Å². The van der Waals surface area contributed by atoms with Crippen LogP contribution in [0.3, 0.4) is 0 Å². The van der Waals surface area contributed by atoms with E-state index in [9.17, 15) is 18.4 Å². The molecule has 0 saturated carbocycles. The molecule has 1 rings (SSSR count). The van der Waals surface area contributed by atoms with Gasteiger partial charge in [-0.05, 0) is 19.4 Å². The Bertz CT molecular complexity index is 523. The molecule has 0 bridgehead atoms. The Morgan fingerprint density at radius 3 is 2.57 bits per heavy atom. The lowest BCUT2D eigenvalue weighted by atomic mass is 10.1. The number of nitrogens with one attached hydrogen (secondary N) is 2. The molecule has 0 aromatic heterocycles. The second kappa shape index (κ2) is 8.15. The number of hydrogen-bond donors (Lipinski definition) is 3. The number of carboxylic acids is 1. The predicted octanol–water partition coefficient (Wildman–Crippen LogP) is 2.21. The van der Waals surface area contributed by atoms with E-state index in [0.717, 1.165) is 0 Å². The molecule has 2 amide bonds. The summed E-state index contributed by atoms with van der Waals surface area (Å²) >= 11 is 0. The molecule has 0 fully saturated rings. The van der Waals surface area contributed by atoms with Gasteiger partial charge in [-0.15, -0.1) is 0 Å². The lowest BCUT2D eigenvalue weighted by Gasteiger charge is -2.10. The number of carbonyl (C=O) groups is 2. The van der Waals surface area contributed by atoms with Crippen LogP contribution in [0.1, 0.15) is 23.7 Å². The van der Waals surface area contributed by atoms with Crippen LogP contribution in [0.15, 0.2) is 12.1 Å². The lowest BCUT2D eigenvalue weighted by molar-refractivity contribution is 0.0697. The van der Waals surface area contributed by atoms with Crippen LogP contribution >= 0.6 is 0 Å². The molecule has 0 aliphatic carbocycles. The molecule has 116 valence electrons. The molecule has 0 aliphatic heterocycles. The topological polar surface area (TPSA) is 87.7 Å². The Kier molecular flexibility index (Phi) is 6.54. The maximum atomic E-state index is 13.1. The van der Waals surface area contributed by atoms with Crippen LogP contribution in [0, 0.1) is 11.6 Å². The van der Waals surface area contributed by atoms with E-state index >= 15 is 0 Å². The summed E-state index contributed by atoms with van der Waals surface area (Å²) in [4.78, 5) is 22.5. The number of carboxylic acid groups (broad SMARTS) is 1. The third-order valence-corrected chi connectivity index (χ3v) is 2.49. The third-order valence-electron chi connectivity index (χ3n) is 2.49. The first kappa shape index (κ1) is 16.8. The van der Waals surface area contributed by atoms with Crippen molar-refractivity contribution in [1.29, 1.82) is 0 Å². The Morgan fingerprint density at radius 1 is 1.29 bits per heavy atom. The van der Waals surface area contributed by atoms with Gasteiger partial charge in [0.25, 0.3) is 0 Å². The summed E-state index contributed by atoms with van der Waals surface area (Å²) in [5, 5.41) is 13.5. The molecule has 0 aliphatic rings. The minimum atomic E-state index is -1.47. The number of benzene rings is 1. The van der Waals surface area contributed by atoms with Crippen molar-refractivity contribution in [3.63, 3.8) is 0 Å². The van der Waals surface area contributed by atoms with Crippen molar-refractivity contribution in [2.45, 2.75) is 13.3 Å². The van der Waals surface area contributed by atoms with Gasteiger partial charge in [0, 0.05) is 25.8 Å². The van der Waals surface area contributed by atoms with Crippen molar-refractivity contribution in [3.05, 3.63) is 29.3 Å². The summed E-state index contributed by atoms with van der Waals surface area (Å²) < 4.78 is 31.2. The predicted molar refractivity (Wildman–Crippen MR) is 71.4 cm³/mol. The highest BCUT2D eigenvalue weighted by molar-refractivity contribution is 6.00. The molecule has 0 radical (unpaired) electrons. The highest BCUT2D eigenvalue weighted by atomic mass is 19.2. The highest BCUT2D eigenvalue weighted by Gasteiger charge is 2.16. The smallest absolute Gasteiger partial charge is 0.337 e. The molecular weight excluding hydrogens is 286 g/mol. The summed E-state index contributed by atoms with van der Waals surface area (Å²) in [6, 6.07) is 0.431. The first-order chi connectivity index (χ1) is 9.95. The van der Waals surface area contributed by atoms with Crippen molar-refractivity contribution < 1.29 is 28.2 Å². The minimum Gasteiger partial charge on any atom is -0.478 e. The maximum absolute atomic E-state index is 13.1. The average Bonchev–Trinajstić information content (AvgIpc) is 2.42. The Labute approximate surface area is 120 Å². The second-order valence-electron chi connectivity index (χ2n) is 4.05. The summed E-state index contributed by atoms with van der Waals surface area (Å²) in [7, 11) is 0. The zero-order valence-corrected chi connectivity index (χ0v) is 11.4. The highest BCUT2D eigenvalue weighted by Crippen LogP contribution is 2.20. The third kappa shape index (κ3) is 5.35. The van der Waals surface area contributed by atoms with Crippen molar-refractivity contribution in [2.24, 2.45) is 0 Å². The number of aromatic carboxylic acids is 1. The van der Waals surface area contributed by atoms with Crippen LogP contribution in [0.5, 0.6) is 0 Å². The molecule has 1 aromatic carbocycles. The van der Waals surface area contributed by atoms with Crippen LogP contribution in [0.4, 0.5) is 19.3 Å². The fourth-order valence-electron chi connectivity index (χ4n) is 1.51. The Balaban J connectivity index is 2.63. The normalized spacial score (nSPS) is 10.2. The molecular formula is C13H16F2N2O4. The van der Waals surface area contributed by atoms with Crippen molar-refractivity contribution in [1.82, 2.24) is 5.32 Å². The number of hydrogen-bond acceptors (Lipinski definition) is 3. The van der Waals surface area contributed by atoms with Gasteiger partial charge in [0.05, 0.1) is 11.3 Å². The quantitative estimate of drug-likeness (QED) is 0.674. The summed E-state index contributed by atoms with van der Waals surface area (Å²) in [6.07, 6.45) is 0.574. The number of ether oxygens (including phenoxy) is 1. The number of anilines is 1. The fourth-order valence-corrected chi connectivity index (χ4v) is 1.51. The summed E-state index contributed by atoms with van der Waals surface area (Å²) in [5.74, 6) is -4.01.